The number of methoxy groups -OCH3 is 1. The summed E-state index contributed by atoms with van der Waals surface area (Å²) in [7, 11) is 1.20. The minimum atomic E-state index is -1.21. The van der Waals surface area contributed by atoms with Gasteiger partial charge in [0.15, 0.2) is 23.7 Å². The molecule has 0 aromatic heterocycles. The Labute approximate surface area is 212 Å². The number of nitrogens with one attached hydrogen (secondary N) is 1. The lowest BCUT2D eigenvalue weighted by atomic mass is 9.75. The van der Waals surface area contributed by atoms with Crippen molar-refractivity contribution in [2.75, 3.05) is 13.9 Å². The second kappa shape index (κ2) is 11.2. The molecule has 0 radical (unpaired) electrons. The average molecular weight is 513 g/mol. The first-order chi connectivity index (χ1) is 17.8. The van der Waals surface area contributed by atoms with Crippen LogP contribution in [0.25, 0.3) is 0 Å². The normalized spacial score (nSPS) is 23.9. The van der Waals surface area contributed by atoms with Gasteiger partial charge in [-0.15, -0.1) is 0 Å². The lowest BCUT2D eigenvalue weighted by molar-refractivity contribution is -0.185. The predicted octanol–water partition coefficient (Wildman–Crippen LogP) is 2.72. The van der Waals surface area contributed by atoms with Crippen LogP contribution in [-0.4, -0.2) is 62.3 Å². The number of ether oxygens (including phenoxy) is 6. The zero-order chi connectivity index (χ0) is 26.5. The summed E-state index contributed by atoms with van der Waals surface area (Å²) < 4.78 is 32.6. The summed E-state index contributed by atoms with van der Waals surface area (Å²) in [5.41, 5.74) is 0.979. The summed E-state index contributed by atoms with van der Waals surface area (Å²) in [5.74, 6) is -1.53. The molecule has 0 saturated heterocycles. The van der Waals surface area contributed by atoms with Crippen molar-refractivity contribution in [3.05, 3.63) is 59.7 Å². The Morgan fingerprint density at radius 3 is 2.22 bits per heavy atom. The van der Waals surface area contributed by atoms with Crippen LogP contribution in [0.1, 0.15) is 42.1 Å². The first-order valence-electron chi connectivity index (χ1n) is 11.6. The third-order valence-corrected chi connectivity index (χ3v) is 6.13. The summed E-state index contributed by atoms with van der Waals surface area (Å²) in [5, 5.41) is 2.71. The van der Waals surface area contributed by atoms with Gasteiger partial charge in [0, 0.05) is 19.8 Å². The number of hydrogen-bond acceptors (Lipinski definition) is 10. The Morgan fingerprint density at radius 2 is 1.54 bits per heavy atom. The van der Waals surface area contributed by atoms with Crippen LogP contribution in [0.15, 0.2) is 48.5 Å². The molecule has 1 saturated carbocycles. The fraction of sp³-hybridized carbons (Fsp3) is 0.385. The van der Waals surface area contributed by atoms with Crippen molar-refractivity contribution in [3.63, 3.8) is 0 Å². The molecule has 1 fully saturated rings. The van der Waals surface area contributed by atoms with E-state index in [4.69, 9.17) is 28.4 Å². The predicted molar refractivity (Wildman–Crippen MR) is 126 cm³/mol. The minimum absolute atomic E-state index is 0.0647. The average Bonchev–Trinajstić information content (AvgIpc) is 3.35. The van der Waals surface area contributed by atoms with Gasteiger partial charge in [0.25, 0.3) is 0 Å². The van der Waals surface area contributed by atoms with Crippen LogP contribution in [0.3, 0.4) is 0 Å². The highest BCUT2D eigenvalue weighted by Gasteiger charge is 2.52. The lowest BCUT2D eigenvalue weighted by Crippen LogP contribution is -2.62. The van der Waals surface area contributed by atoms with Crippen molar-refractivity contribution in [1.82, 2.24) is 5.32 Å². The molecule has 0 bridgehead atoms. The van der Waals surface area contributed by atoms with E-state index in [9.17, 15) is 19.2 Å². The lowest BCUT2D eigenvalue weighted by Gasteiger charge is -2.45. The number of hydrogen-bond donors (Lipinski definition) is 1. The van der Waals surface area contributed by atoms with Gasteiger partial charge in [-0.25, -0.2) is 9.59 Å². The fourth-order valence-electron chi connectivity index (χ4n) is 4.60. The van der Waals surface area contributed by atoms with Crippen LogP contribution >= 0.6 is 0 Å². The first-order valence-corrected chi connectivity index (χ1v) is 11.6. The molecule has 196 valence electrons. The zero-order valence-electron chi connectivity index (χ0n) is 20.5. The van der Waals surface area contributed by atoms with E-state index in [-0.39, 0.29) is 13.2 Å². The Kier molecular flexibility index (Phi) is 7.80. The number of esters is 3. The van der Waals surface area contributed by atoms with Crippen LogP contribution in [0, 0.1) is 0 Å². The summed E-state index contributed by atoms with van der Waals surface area (Å²) in [6, 6.07) is 12.6. The van der Waals surface area contributed by atoms with E-state index in [0.717, 1.165) is 0 Å². The molecule has 1 aliphatic carbocycles. The third kappa shape index (κ3) is 5.93. The molecular weight excluding hydrogens is 486 g/mol. The molecule has 1 heterocycles. The maximum absolute atomic E-state index is 13.0. The zero-order valence-corrected chi connectivity index (χ0v) is 20.5. The molecule has 0 unspecified atom stereocenters. The van der Waals surface area contributed by atoms with Gasteiger partial charge in [-0.2, -0.15) is 0 Å². The van der Waals surface area contributed by atoms with E-state index in [1.807, 2.05) is 0 Å². The van der Waals surface area contributed by atoms with Crippen LogP contribution in [0.5, 0.6) is 11.5 Å². The largest absolute Gasteiger partial charge is 0.456 e. The highest BCUT2D eigenvalue weighted by molar-refractivity contribution is 5.89. The molecule has 1 amide bonds. The molecule has 5 atom stereocenters. The number of carbonyl (C=O) groups is 4. The quantitative estimate of drug-likeness (QED) is 0.454. The number of fused-ring (bicyclic) bond motifs is 1. The molecule has 4 rings (SSSR count). The second-order valence-electron chi connectivity index (χ2n) is 8.57. The van der Waals surface area contributed by atoms with Crippen molar-refractivity contribution in [2.24, 2.45) is 0 Å². The second-order valence-corrected chi connectivity index (χ2v) is 8.57. The smallest absolute Gasteiger partial charge is 0.407 e. The number of alkyl carbamates (subject to hydrolysis) is 1. The first kappa shape index (κ1) is 25.8. The van der Waals surface area contributed by atoms with Crippen molar-refractivity contribution in [2.45, 2.75) is 50.5 Å². The maximum atomic E-state index is 13.0. The van der Waals surface area contributed by atoms with Gasteiger partial charge in [0.2, 0.25) is 6.79 Å². The van der Waals surface area contributed by atoms with Crippen LogP contribution < -0.4 is 14.8 Å². The summed E-state index contributed by atoms with van der Waals surface area (Å²) >= 11 is 0. The van der Waals surface area contributed by atoms with Crippen molar-refractivity contribution in [1.29, 1.82) is 0 Å². The highest BCUT2D eigenvalue weighted by atomic mass is 16.7. The van der Waals surface area contributed by atoms with E-state index in [1.54, 1.807) is 48.5 Å². The molecular formula is C26H27NO10. The SMILES string of the molecule is COC(=O)N[C@H]1[C@H](OC(C)=O)[C@H](OC(C)=O)[C@@H](OC(=O)c2ccccc2)C[C@@H]1c1ccc2c(c1)OCO2. The Hall–Kier alpha value is -4.28. The summed E-state index contributed by atoms with van der Waals surface area (Å²) in [4.78, 5) is 49.5. The van der Waals surface area contributed by atoms with Crippen LogP contribution in [-0.2, 0) is 28.5 Å². The van der Waals surface area contributed by atoms with Crippen molar-refractivity contribution < 1.29 is 47.6 Å². The number of amides is 1. The number of rotatable bonds is 6. The Morgan fingerprint density at radius 1 is 0.865 bits per heavy atom. The standard InChI is InChI=1S/C26H27NO10/c1-14(28)35-23-21(37-25(30)16-7-5-4-6-8-16)12-18(17-9-10-19-20(11-17)34-13-33-19)22(27-26(31)32-3)24(23)36-15(2)29/h4-11,18,21-24H,12-13H2,1-3H3,(H,27,31)/t18-,21+,22-,23-,24+/m1/s1. The van der Waals surface area contributed by atoms with Gasteiger partial charge >= 0.3 is 24.0 Å². The Balaban J connectivity index is 1.76. The molecule has 2 aromatic rings. The van der Waals surface area contributed by atoms with E-state index in [0.29, 0.717) is 22.6 Å². The van der Waals surface area contributed by atoms with Crippen LogP contribution in [0.4, 0.5) is 4.79 Å². The molecule has 1 N–H and O–H groups in total. The number of carbonyl (C=O) groups excluding carboxylic acids is 4. The van der Waals surface area contributed by atoms with E-state index < -0.39 is 54.3 Å². The molecule has 37 heavy (non-hydrogen) atoms. The fourth-order valence-corrected chi connectivity index (χ4v) is 4.60. The van der Waals surface area contributed by atoms with Gasteiger partial charge in [-0.05, 0) is 36.2 Å². The number of benzene rings is 2. The molecule has 2 aromatic carbocycles. The van der Waals surface area contributed by atoms with E-state index in [1.165, 1.54) is 21.0 Å². The molecule has 0 spiro atoms. The van der Waals surface area contributed by atoms with Crippen molar-refractivity contribution in [3.8, 4) is 11.5 Å². The van der Waals surface area contributed by atoms with Gasteiger partial charge < -0.3 is 33.7 Å². The van der Waals surface area contributed by atoms with Crippen molar-refractivity contribution >= 4 is 24.0 Å². The minimum Gasteiger partial charge on any atom is -0.456 e. The maximum Gasteiger partial charge on any atom is 0.407 e. The van der Waals surface area contributed by atoms with Gasteiger partial charge in [0.1, 0.15) is 6.10 Å². The van der Waals surface area contributed by atoms with Gasteiger partial charge in [-0.1, -0.05) is 24.3 Å². The summed E-state index contributed by atoms with van der Waals surface area (Å²) in [6.07, 6.45) is -4.11. The van der Waals surface area contributed by atoms with Gasteiger partial charge in [-0.3, -0.25) is 9.59 Å². The highest BCUT2D eigenvalue weighted by Crippen LogP contribution is 2.42. The Bertz CT molecular complexity index is 1170. The molecule has 2 aliphatic rings. The van der Waals surface area contributed by atoms with Gasteiger partial charge in [0.05, 0.1) is 18.7 Å². The topological polar surface area (TPSA) is 136 Å². The summed E-state index contributed by atoms with van der Waals surface area (Å²) in [6.45, 7) is 2.44. The molecule has 11 nitrogen and oxygen atoms in total. The molecule has 1 aliphatic heterocycles. The van der Waals surface area contributed by atoms with E-state index in [2.05, 4.69) is 5.32 Å². The molecule has 11 heteroatoms. The monoisotopic (exact) mass is 513 g/mol. The third-order valence-electron chi connectivity index (χ3n) is 6.13. The van der Waals surface area contributed by atoms with Crippen LogP contribution in [0.2, 0.25) is 0 Å². The van der Waals surface area contributed by atoms with E-state index >= 15 is 0 Å².